The number of ether oxygens (including phenoxy) is 2. The van der Waals surface area contributed by atoms with Crippen LogP contribution in [0.4, 0.5) is 22.0 Å². The van der Waals surface area contributed by atoms with Gasteiger partial charge in [-0.05, 0) is 54.1 Å². The molecular weight excluding hydrogens is 611 g/mol. The molecule has 236 valence electrons. The van der Waals surface area contributed by atoms with Crippen molar-refractivity contribution in [3.8, 4) is 23.2 Å². The highest BCUT2D eigenvalue weighted by Gasteiger charge is 2.23. The molecule has 1 unspecified atom stereocenters. The van der Waals surface area contributed by atoms with Crippen LogP contribution in [0, 0.1) is 28.8 Å². The standard InChI is InChI=1S/C33H25F5N4O4/c34-8-9-45-18-23(15-35)42-30-12-20(33(43)44)6-7-29(30)40-31(42)13-22-11-27(38)24(14-26(22)37)28-2-1-3-32(41-28)46-17-21-5-4-19(16-39)10-25(21)36/h1-7,10-12,14,23H,8-9,13,15,17-18H2,(H,43,44). The van der Waals surface area contributed by atoms with Crippen molar-refractivity contribution >= 4 is 17.0 Å². The third-order valence-electron chi connectivity index (χ3n) is 7.13. The van der Waals surface area contributed by atoms with Crippen LogP contribution < -0.4 is 4.74 Å². The molecule has 46 heavy (non-hydrogen) atoms. The Morgan fingerprint density at radius 1 is 0.957 bits per heavy atom. The second kappa shape index (κ2) is 14.2. The number of imidazole rings is 1. The lowest BCUT2D eigenvalue weighted by molar-refractivity contribution is 0.0697. The first-order chi connectivity index (χ1) is 22.2. The molecule has 2 aromatic heterocycles. The number of fused-ring (bicyclic) bond motifs is 1. The van der Waals surface area contributed by atoms with E-state index in [9.17, 15) is 23.1 Å². The molecule has 8 nitrogen and oxygen atoms in total. The third kappa shape index (κ3) is 6.97. The summed E-state index contributed by atoms with van der Waals surface area (Å²) in [6, 6.07) is 15.1. The second-order valence-electron chi connectivity index (χ2n) is 10.1. The smallest absolute Gasteiger partial charge is 0.335 e. The number of carboxylic acids is 1. The van der Waals surface area contributed by atoms with E-state index in [2.05, 4.69) is 9.97 Å². The molecule has 0 amide bonds. The Morgan fingerprint density at radius 3 is 2.48 bits per heavy atom. The number of rotatable bonds is 13. The van der Waals surface area contributed by atoms with Crippen molar-refractivity contribution in [3.63, 3.8) is 0 Å². The zero-order chi connectivity index (χ0) is 32.8. The van der Waals surface area contributed by atoms with E-state index < -0.39 is 42.8 Å². The van der Waals surface area contributed by atoms with Crippen LogP contribution in [0.3, 0.4) is 0 Å². The Kier molecular flexibility index (Phi) is 9.88. The van der Waals surface area contributed by atoms with Crippen molar-refractivity contribution in [1.29, 1.82) is 5.26 Å². The lowest BCUT2D eigenvalue weighted by Gasteiger charge is -2.19. The average molecular weight is 637 g/mol. The van der Waals surface area contributed by atoms with Crippen LogP contribution in [0.15, 0.2) is 66.7 Å². The first-order valence-corrected chi connectivity index (χ1v) is 13.9. The molecule has 1 N–H and O–H groups in total. The van der Waals surface area contributed by atoms with Gasteiger partial charge in [0.1, 0.15) is 43.2 Å². The van der Waals surface area contributed by atoms with Gasteiger partial charge in [0, 0.05) is 23.6 Å². The van der Waals surface area contributed by atoms with Crippen LogP contribution in [0.5, 0.6) is 5.88 Å². The summed E-state index contributed by atoms with van der Waals surface area (Å²) < 4.78 is 84.2. The number of aromatic nitrogens is 3. The molecule has 0 spiro atoms. The maximum absolute atomic E-state index is 15.5. The van der Waals surface area contributed by atoms with Gasteiger partial charge in [0.15, 0.2) is 0 Å². The Morgan fingerprint density at radius 2 is 1.76 bits per heavy atom. The topological polar surface area (TPSA) is 110 Å². The minimum Gasteiger partial charge on any atom is -0.478 e. The molecule has 5 rings (SSSR count). The van der Waals surface area contributed by atoms with Gasteiger partial charge in [-0.2, -0.15) is 5.26 Å². The predicted octanol–water partition coefficient (Wildman–Crippen LogP) is 6.75. The zero-order valence-electron chi connectivity index (χ0n) is 24.0. The van der Waals surface area contributed by atoms with E-state index in [-0.39, 0.29) is 77.0 Å². The molecule has 0 saturated heterocycles. The minimum atomic E-state index is -1.23. The third-order valence-corrected chi connectivity index (χ3v) is 7.13. The van der Waals surface area contributed by atoms with Crippen molar-refractivity contribution in [2.45, 2.75) is 19.1 Å². The van der Waals surface area contributed by atoms with Gasteiger partial charge < -0.3 is 19.1 Å². The number of carbonyl (C=O) groups is 1. The lowest BCUT2D eigenvalue weighted by Crippen LogP contribution is -2.21. The summed E-state index contributed by atoms with van der Waals surface area (Å²) in [4.78, 5) is 20.3. The van der Waals surface area contributed by atoms with Gasteiger partial charge in [0.25, 0.3) is 0 Å². The fourth-order valence-corrected chi connectivity index (χ4v) is 4.89. The van der Waals surface area contributed by atoms with E-state index in [4.69, 9.17) is 14.7 Å². The Hall–Kier alpha value is -5.35. The molecule has 0 aliphatic heterocycles. The van der Waals surface area contributed by atoms with Crippen LogP contribution in [0.2, 0.25) is 0 Å². The lowest BCUT2D eigenvalue weighted by atomic mass is 10.0. The largest absolute Gasteiger partial charge is 0.478 e. The molecule has 0 radical (unpaired) electrons. The fourth-order valence-electron chi connectivity index (χ4n) is 4.89. The van der Waals surface area contributed by atoms with Crippen molar-refractivity contribution in [1.82, 2.24) is 14.5 Å². The molecule has 0 bridgehead atoms. The van der Waals surface area contributed by atoms with E-state index in [1.807, 2.05) is 6.07 Å². The number of nitrogens with zero attached hydrogens (tertiary/aromatic N) is 4. The molecule has 0 fully saturated rings. The van der Waals surface area contributed by atoms with E-state index in [1.54, 1.807) is 0 Å². The summed E-state index contributed by atoms with van der Waals surface area (Å²) in [5.41, 5.74) is 0.490. The van der Waals surface area contributed by atoms with Crippen molar-refractivity contribution in [2.75, 3.05) is 26.6 Å². The van der Waals surface area contributed by atoms with Crippen molar-refractivity contribution < 1.29 is 41.3 Å². The monoisotopic (exact) mass is 636 g/mol. The zero-order valence-corrected chi connectivity index (χ0v) is 24.0. The van der Waals surface area contributed by atoms with Gasteiger partial charge >= 0.3 is 5.97 Å². The number of benzene rings is 3. The van der Waals surface area contributed by atoms with Crippen LogP contribution >= 0.6 is 0 Å². The van der Waals surface area contributed by atoms with Gasteiger partial charge in [-0.1, -0.05) is 12.1 Å². The quantitative estimate of drug-likeness (QED) is 0.112. The highest BCUT2D eigenvalue weighted by Crippen LogP contribution is 2.30. The molecule has 0 aliphatic rings. The Labute approximate surface area is 259 Å². The molecule has 0 saturated carbocycles. The highest BCUT2D eigenvalue weighted by molar-refractivity contribution is 5.92. The van der Waals surface area contributed by atoms with Gasteiger partial charge in [-0.15, -0.1) is 0 Å². The van der Waals surface area contributed by atoms with Crippen LogP contribution in [0.25, 0.3) is 22.3 Å². The summed E-state index contributed by atoms with van der Waals surface area (Å²) >= 11 is 0. The van der Waals surface area contributed by atoms with Gasteiger partial charge in [-0.25, -0.2) is 36.7 Å². The predicted molar refractivity (Wildman–Crippen MR) is 156 cm³/mol. The molecule has 13 heteroatoms. The molecule has 1 atom stereocenters. The number of aromatic carboxylic acids is 1. The fraction of sp³-hybridized carbons (Fsp3) is 0.212. The van der Waals surface area contributed by atoms with Crippen molar-refractivity contribution in [2.24, 2.45) is 0 Å². The number of pyridine rings is 1. The maximum atomic E-state index is 15.5. The number of nitriles is 1. The SMILES string of the molecule is N#Cc1ccc(COc2cccc(-c3cc(F)c(Cc4nc5ccc(C(=O)O)cc5n4C(CF)COCCF)cc3F)n2)c(F)c1. The second-order valence-corrected chi connectivity index (χ2v) is 10.1. The summed E-state index contributed by atoms with van der Waals surface area (Å²) in [5, 5.41) is 18.4. The number of carboxylic acid groups (broad SMARTS) is 1. The molecule has 2 heterocycles. The van der Waals surface area contributed by atoms with Gasteiger partial charge in [0.2, 0.25) is 5.88 Å². The molecule has 5 aromatic rings. The van der Waals surface area contributed by atoms with E-state index in [0.717, 1.165) is 18.2 Å². The van der Waals surface area contributed by atoms with E-state index in [1.165, 1.54) is 53.1 Å². The number of halogens is 5. The number of hydrogen-bond donors (Lipinski definition) is 1. The molecule has 0 aliphatic carbocycles. The summed E-state index contributed by atoms with van der Waals surface area (Å²) in [5.74, 6) is -3.39. The first kappa shape index (κ1) is 32.1. The maximum Gasteiger partial charge on any atom is 0.335 e. The van der Waals surface area contributed by atoms with Crippen molar-refractivity contribution in [3.05, 3.63) is 112 Å². The summed E-state index contributed by atoms with van der Waals surface area (Å²) in [6.07, 6.45) is -0.299. The van der Waals surface area contributed by atoms with Gasteiger partial charge in [-0.3, -0.25) is 0 Å². The summed E-state index contributed by atoms with van der Waals surface area (Å²) in [6.45, 7) is -2.56. The van der Waals surface area contributed by atoms with Crippen LogP contribution in [-0.4, -0.2) is 52.2 Å². The number of hydrogen-bond acceptors (Lipinski definition) is 6. The normalized spacial score (nSPS) is 11.8. The van der Waals surface area contributed by atoms with Gasteiger partial charge in [0.05, 0.1) is 53.2 Å². The highest BCUT2D eigenvalue weighted by atomic mass is 19.1. The van der Waals surface area contributed by atoms with Crippen LogP contribution in [-0.2, 0) is 17.8 Å². The molecular formula is C33H25F5N4O4. The number of alkyl halides is 2. The average Bonchev–Trinajstić information content (AvgIpc) is 3.41. The molecule has 3 aromatic carbocycles. The Balaban J connectivity index is 1.44. The Bertz CT molecular complexity index is 1940. The van der Waals surface area contributed by atoms with E-state index in [0.29, 0.717) is 5.52 Å². The summed E-state index contributed by atoms with van der Waals surface area (Å²) in [7, 11) is 0. The van der Waals surface area contributed by atoms with E-state index >= 15 is 8.78 Å². The first-order valence-electron chi connectivity index (χ1n) is 13.9. The van der Waals surface area contributed by atoms with Crippen LogP contribution in [0.1, 0.15) is 38.9 Å². The minimum absolute atomic E-state index is 0.0202.